The molecule has 3 saturated carbocycles. The molecule has 4 heteroatoms. The van der Waals surface area contributed by atoms with Crippen molar-refractivity contribution in [1.82, 2.24) is 0 Å². The summed E-state index contributed by atoms with van der Waals surface area (Å²) in [7, 11) is 0. The number of ether oxygens (including phenoxy) is 1. The van der Waals surface area contributed by atoms with E-state index in [0.717, 1.165) is 86.9 Å². The number of aliphatic hydroxyl groups is 1. The van der Waals surface area contributed by atoms with Crippen molar-refractivity contribution in [3.63, 3.8) is 0 Å². The standard InChI is InChI=1S/C36H66O3.C27H46O/c1-3-5-7-9-11-13-15-17-19-21-23-25-27-29-31-33-35(37)39-36(38)34-32-30-28-26-24-22-20-18-16-14-12-10-8-6-4-2;1-18(2)7-6-8-19(3)23-11-12-24-22-10-9-20-17-21(28)13-15-26(20,4)25(22)14-16-27(23,24)5/h17-20H,3-16,21-34H2,1-2H3;9,18-19,21-25,28H,6-8,10-17H2,1-5H3/b19-17-,20-18-;/t;19?,21-,22-,23+,24-,25-,26-,27+/m.0/s1. The number of hydrogen-bond acceptors (Lipinski definition) is 4. The van der Waals surface area contributed by atoms with Gasteiger partial charge in [-0.2, -0.15) is 0 Å². The van der Waals surface area contributed by atoms with Crippen LogP contribution in [-0.4, -0.2) is 23.1 Å². The van der Waals surface area contributed by atoms with Crippen LogP contribution in [0.5, 0.6) is 0 Å². The van der Waals surface area contributed by atoms with Crippen LogP contribution in [0, 0.1) is 46.3 Å². The number of unbranched alkanes of at least 4 members (excludes halogenated alkanes) is 22. The monoisotopic (exact) mass is 933 g/mol. The Labute approximate surface area is 417 Å². The lowest BCUT2D eigenvalue weighted by atomic mass is 9.47. The zero-order valence-electron chi connectivity index (χ0n) is 45.7. The first-order valence-electron chi connectivity index (χ1n) is 29.9. The summed E-state index contributed by atoms with van der Waals surface area (Å²) in [6.07, 6.45) is 59.4. The van der Waals surface area contributed by atoms with E-state index in [1.54, 1.807) is 5.57 Å². The van der Waals surface area contributed by atoms with Crippen LogP contribution >= 0.6 is 0 Å². The van der Waals surface area contributed by atoms with E-state index < -0.39 is 0 Å². The Morgan fingerprint density at radius 2 is 1.07 bits per heavy atom. The third kappa shape index (κ3) is 23.0. The largest absolute Gasteiger partial charge is 0.393 e. The second-order valence-corrected chi connectivity index (χ2v) is 23.7. The molecular weight excluding hydrogens is 821 g/mol. The van der Waals surface area contributed by atoms with Gasteiger partial charge in [-0.25, -0.2) is 0 Å². The van der Waals surface area contributed by atoms with Gasteiger partial charge in [0, 0.05) is 12.8 Å². The van der Waals surface area contributed by atoms with E-state index in [-0.39, 0.29) is 18.0 Å². The van der Waals surface area contributed by atoms with Crippen molar-refractivity contribution < 1.29 is 19.4 Å². The fourth-order valence-corrected chi connectivity index (χ4v) is 13.6. The Bertz CT molecular complexity index is 1330. The van der Waals surface area contributed by atoms with Crippen molar-refractivity contribution in [2.24, 2.45) is 46.3 Å². The van der Waals surface area contributed by atoms with Crippen LogP contribution in [0.2, 0.25) is 0 Å². The van der Waals surface area contributed by atoms with Gasteiger partial charge >= 0.3 is 11.9 Å². The summed E-state index contributed by atoms with van der Waals surface area (Å²) in [6, 6.07) is 0. The minimum Gasteiger partial charge on any atom is -0.393 e. The van der Waals surface area contributed by atoms with E-state index in [1.165, 1.54) is 186 Å². The highest BCUT2D eigenvalue weighted by Gasteiger charge is 2.59. The Hall–Kier alpha value is -1.68. The molecule has 4 nitrogen and oxygen atoms in total. The molecule has 0 amide bonds. The van der Waals surface area contributed by atoms with Gasteiger partial charge in [-0.3, -0.25) is 9.59 Å². The lowest BCUT2D eigenvalue weighted by Gasteiger charge is -2.58. The molecule has 67 heavy (non-hydrogen) atoms. The molecule has 4 aliphatic rings. The maximum absolute atomic E-state index is 11.9. The summed E-state index contributed by atoms with van der Waals surface area (Å²) >= 11 is 0. The predicted octanol–water partition coefficient (Wildman–Crippen LogP) is 19.5. The Balaban J connectivity index is 0.000000371. The number of hydrogen-bond donors (Lipinski definition) is 1. The molecule has 1 unspecified atom stereocenters. The van der Waals surface area contributed by atoms with E-state index in [4.69, 9.17) is 4.74 Å². The average molecular weight is 934 g/mol. The van der Waals surface area contributed by atoms with Crippen molar-refractivity contribution in [2.45, 2.75) is 305 Å². The van der Waals surface area contributed by atoms with Gasteiger partial charge in [0.05, 0.1) is 6.10 Å². The van der Waals surface area contributed by atoms with Crippen molar-refractivity contribution >= 4 is 11.9 Å². The highest BCUT2D eigenvalue weighted by Crippen LogP contribution is 2.67. The summed E-state index contributed by atoms with van der Waals surface area (Å²) in [6.45, 7) is 17.1. The van der Waals surface area contributed by atoms with E-state index in [9.17, 15) is 14.7 Å². The minimum absolute atomic E-state index is 0.0766. The van der Waals surface area contributed by atoms with Gasteiger partial charge in [0.15, 0.2) is 0 Å². The lowest BCUT2D eigenvalue weighted by Crippen LogP contribution is -2.50. The number of carbonyl (C=O) groups is 2. The Kier molecular flexibility index (Phi) is 31.5. The molecule has 0 saturated heterocycles. The van der Waals surface area contributed by atoms with Crippen molar-refractivity contribution in [2.75, 3.05) is 0 Å². The SMILES string of the molecule is CC(C)CCCC(C)[C@H]1CC[C@H]2[C@@H]3CC=C4C[C@@H](O)CC[C@]4(C)[C@H]3CC[C@]12C.CCCCCCCC/C=C\CCCCCCCC(=O)OC(=O)CCCCCCC/C=C\CCCCCCCC. The number of carbonyl (C=O) groups excluding carboxylic acids is 2. The highest BCUT2D eigenvalue weighted by molar-refractivity contribution is 5.85. The molecule has 0 spiro atoms. The molecule has 0 aromatic heterocycles. The zero-order valence-corrected chi connectivity index (χ0v) is 45.7. The van der Waals surface area contributed by atoms with Crippen molar-refractivity contribution in [3.05, 3.63) is 36.0 Å². The van der Waals surface area contributed by atoms with Gasteiger partial charge in [0.25, 0.3) is 0 Å². The van der Waals surface area contributed by atoms with Gasteiger partial charge in [-0.15, -0.1) is 0 Å². The van der Waals surface area contributed by atoms with E-state index in [1.807, 2.05) is 0 Å². The molecule has 0 heterocycles. The average Bonchev–Trinajstić information content (AvgIpc) is 3.66. The van der Waals surface area contributed by atoms with Gasteiger partial charge in [0.1, 0.15) is 0 Å². The molecular formula is C63H112O4. The molecule has 4 aliphatic carbocycles. The first-order chi connectivity index (χ1) is 32.5. The quantitative estimate of drug-likeness (QED) is 0.0298. The van der Waals surface area contributed by atoms with Gasteiger partial charge in [-0.1, -0.05) is 206 Å². The molecule has 388 valence electrons. The van der Waals surface area contributed by atoms with Gasteiger partial charge in [-0.05, 0) is 162 Å². The second kappa shape index (κ2) is 35.4. The summed E-state index contributed by atoms with van der Waals surface area (Å²) < 4.78 is 4.99. The first-order valence-corrected chi connectivity index (χ1v) is 29.9. The normalized spacial score (nSPS) is 26.2. The topological polar surface area (TPSA) is 63.6 Å². The maximum Gasteiger partial charge on any atom is 0.313 e. The van der Waals surface area contributed by atoms with E-state index >= 15 is 0 Å². The second-order valence-electron chi connectivity index (χ2n) is 23.7. The molecule has 0 bridgehead atoms. The first kappa shape index (κ1) is 59.6. The summed E-state index contributed by atoms with van der Waals surface area (Å²) in [5, 5.41) is 10.2. The third-order valence-corrected chi connectivity index (χ3v) is 17.8. The van der Waals surface area contributed by atoms with Crippen LogP contribution < -0.4 is 0 Å². The molecule has 1 N–H and O–H groups in total. The fourth-order valence-electron chi connectivity index (χ4n) is 13.6. The lowest BCUT2D eigenvalue weighted by molar-refractivity contribution is -0.159. The summed E-state index contributed by atoms with van der Waals surface area (Å²) in [5.41, 5.74) is 2.60. The molecule has 0 aromatic carbocycles. The number of rotatable bonds is 35. The van der Waals surface area contributed by atoms with Crippen LogP contribution in [-0.2, 0) is 14.3 Å². The van der Waals surface area contributed by atoms with Gasteiger partial charge in [0.2, 0.25) is 0 Å². The molecule has 0 aliphatic heterocycles. The number of esters is 2. The zero-order chi connectivity index (χ0) is 48.6. The van der Waals surface area contributed by atoms with Crippen LogP contribution in [0.15, 0.2) is 36.0 Å². The summed E-state index contributed by atoms with van der Waals surface area (Å²) in [5.74, 6) is 4.77. The predicted molar refractivity (Wildman–Crippen MR) is 289 cm³/mol. The van der Waals surface area contributed by atoms with Crippen LogP contribution in [0.3, 0.4) is 0 Å². The van der Waals surface area contributed by atoms with Crippen LogP contribution in [0.1, 0.15) is 299 Å². The molecule has 0 aromatic rings. The number of aliphatic hydroxyl groups excluding tert-OH is 1. The fraction of sp³-hybridized carbons (Fsp3) is 0.873. The van der Waals surface area contributed by atoms with Crippen LogP contribution in [0.25, 0.3) is 0 Å². The van der Waals surface area contributed by atoms with E-state index in [2.05, 4.69) is 78.8 Å². The summed E-state index contributed by atoms with van der Waals surface area (Å²) in [4.78, 5) is 23.8. The smallest absolute Gasteiger partial charge is 0.313 e. The Morgan fingerprint density at radius 1 is 0.597 bits per heavy atom. The van der Waals surface area contributed by atoms with Crippen LogP contribution in [0.4, 0.5) is 0 Å². The highest BCUT2D eigenvalue weighted by atomic mass is 16.6. The molecule has 3 fully saturated rings. The minimum atomic E-state index is -0.342. The number of fused-ring (bicyclic) bond motifs is 5. The van der Waals surface area contributed by atoms with E-state index in [0.29, 0.717) is 23.7 Å². The third-order valence-electron chi connectivity index (χ3n) is 17.8. The maximum atomic E-state index is 11.9. The molecule has 4 rings (SSSR count). The Morgan fingerprint density at radius 3 is 1.57 bits per heavy atom. The molecule has 0 radical (unpaired) electrons. The van der Waals surface area contributed by atoms with Crippen molar-refractivity contribution in [1.29, 1.82) is 0 Å². The van der Waals surface area contributed by atoms with Crippen molar-refractivity contribution in [3.8, 4) is 0 Å². The number of allylic oxidation sites excluding steroid dienone is 5. The molecule has 8 atom stereocenters. The van der Waals surface area contributed by atoms with Gasteiger partial charge < -0.3 is 9.84 Å².